The number of aliphatic hydroxyl groups is 1. The molecule has 0 spiro atoms. The third-order valence-corrected chi connectivity index (χ3v) is 3.43. The van der Waals surface area contributed by atoms with E-state index < -0.39 is 0 Å². The first-order valence-electron chi connectivity index (χ1n) is 6.98. The van der Waals surface area contributed by atoms with Gasteiger partial charge in [0, 0.05) is 26.4 Å². The van der Waals surface area contributed by atoms with Crippen molar-refractivity contribution < 1.29 is 14.4 Å². The highest BCUT2D eigenvalue weighted by Crippen LogP contribution is 2.19. The van der Waals surface area contributed by atoms with Crippen molar-refractivity contribution in [2.75, 3.05) is 39.5 Å². The van der Waals surface area contributed by atoms with Crippen molar-refractivity contribution in [1.29, 1.82) is 0 Å². The van der Waals surface area contributed by atoms with Gasteiger partial charge in [0.15, 0.2) is 5.82 Å². The van der Waals surface area contributed by atoms with Crippen molar-refractivity contribution in [3.8, 4) is 0 Å². The standard InChI is InChI=1S/C13H23N3O3/c1-11-14-13(15-19-11)9-12-3-2-4-16(10-12)5-7-18-8-6-17/h12,17H,2-10H2,1H3. The minimum absolute atomic E-state index is 0.0970. The predicted molar refractivity (Wildman–Crippen MR) is 69.8 cm³/mol. The van der Waals surface area contributed by atoms with Crippen molar-refractivity contribution in [2.45, 2.75) is 26.2 Å². The van der Waals surface area contributed by atoms with Crippen LogP contribution in [0.4, 0.5) is 0 Å². The molecule has 1 fully saturated rings. The van der Waals surface area contributed by atoms with Crippen LogP contribution in [0.3, 0.4) is 0 Å². The molecule has 1 aromatic heterocycles. The Kier molecular flexibility index (Phi) is 5.75. The van der Waals surface area contributed by atoms with E-state index in [1.165, 1.54) is 12.8 Å². The molecule has 0 saturated carbocycles. The molecule has 108 valence electrons. The second-order valence-corrected chi connectivity index (χ2v) is 5.08. The maximum atomic E-state index is 8.65. The van der Waals surface area contributed by atoms with Gasteiger partial charge in [-0.05, 0) is 25.3 Å². The van der Waals surface area contributed by atoms with Gasteiger partial charge < -0.3 is 19.3 Å². The maximum Gasteiger partial charge on any atom is 0.223 e. The van der Waals surface area contributed by atoms with E-state index in [0.29, 0.717) is 25.0 Å². The molecule has 6 heteroatoms. The van der Waals surface area contributed by atoms with Crippen LogP contribution < -0.4 is 0 Å². The largest absolute Gasteiger partial charge is 0.394 e. The fraction of sp³-hybridized carbons (Fsp3) is 0.846. The Morgan fingerprint density at radius 2 is 2.37 bits per heavy atom. The number of aryl methyl sites for hydroxylation is 1. The van der Waals surface area contributed by atoms with Crippen LogP contribution in [-0.2, 0) is 11.2 Å². The molecular formula is C13H23N3O3. The summed E-state index contributed by atoms with van der Waals surface area (Å²) in [7, 11) is 0. The Labute approximate surface area is 113 Å². The lowest BCUT2D eigenvalue weighted by Crippen LogP contribution is -2.38. The van der Waals surface area contributed by atoms with Crippen LogP contribution >= 0.6 is 0 Å². The Morgan fingerprint density at radius 3 is 3.11 bits per heavy atom. The van der Waals surface area contributed by atoms with Gasteiger partial charge >= 0.3 is 0 Å². The van der Waals surface area contributed by atoms with Gasteiger partial charge in [-0.25, -0.2) is 0 Å². The molecular weight excluding hydrogens is 246 g/mol. The summed E-state index contributed by atoms with van der Waals surface area (Å²) in [4.78, 5) is 6.68. The summed E-state index contributed by atoms with van der Waals surface area (Å²) in [6, 6.07) is 0. The highest BCUT2D eigenvalue weighted by atomic mass is 16.5. The molecule has 1 aliphatic heterocycles. The highest BCUT2D eigenvalue weighted by Gasteiger charge is 2.21. The Hall–Kier alpha value is -0.980. The number of piperidine rings is 1. The summed E-state index contributed by atoms with van der Waals surface area (Å²) in [5.74, 6) is 2.06. The van der Waals surface area contributed by atoms with Gasteiger partial charge in [-0.15, -0.1) is 0 Å². The Balaban J connectivity index is 1.71. The zero-order valence-electron chi connectivity index (χ0n) is 11.5. The lowest BCUT2D eigenvalue weighted by atomic mass is 9.94. The molecule has 0 aromatic carbocycles. The minimum atomic E-state index is 0.0970. The van der Waals surface area contributed by atoms with Crippen LogP contribution in [-0.4, -0.2) is 59.6 Å². The topological polar surface area (TPSA) is 71.6 Å². The molecule has 2 rings (SSSR count). The molecule has 0 radical (unpaired) electrons. The molecule has 6 nitrogen and oxygen atoms in total. The molecule has 2 heterocycles. The Morgan fingerprint density at radius 1 is 1.47 bits per heavy atom. The molecule has 1 aromatic rings. The fourth-order valence-electron chi connectivity index (χ4n) is 2.56. The average molecular weight is 269 g/mol. The summed E-state index contributed by atoms with van der Waals surface area (Å²) in [6.07, 6.45) is 3.33. The van der Waals surface area contributed by atoms with Crippen LogP contribution in [0.1, 0.15) is 24.6 Å². The number of aromatic nitrogens is 2. The van der Waals surface area contributed by atoms with E-state index in [2.05, 4.69) is 15.0 Å². The first kappa shape index (κ1) is 14.4. The van der Waals surface area contributed by atoms with Crippen LogP contribution in [0, 0.1) is 12.8 Å². The summed E-state index contributed by atoms with van der Waals surface area (Å²) in [5, 5.41) is 12.6. The lowest BCUT2D eigenvalue weighted by Gasteiger charge is -2.32. The van der Waals surface area contributed by atoms with Crippen LogP contribution in [0.25, 0.3) is 0 Å². The van der Waals surface area contributed by atoms with E-state index in [0.717, 1.165) is 31.9 Å². The monoisotopic (exact) mass is 269 g/mol. The van der Waals surface area contributed by atoms with E-state index in [4.69, 9.17) is 14.4 Å². The van der Waals surface area contributed by atoms with Crippen LogP contribution in [0.5, 0.6) is 0 Å². The number of nitrogens with zero attached hydrogens (tertiary/aromatic N) is 3. The first-order chi connectivity index (χ1) is 9.28. The molecule has 0 amide bonds. The van der Waals surface area contributed by atoms with Crippen molar-refractivity contribution in [3.05, 3.63) is 11.7 Å². The van der Waals surface area contributed by atoms with Crippen molar-refractivity contribution >= 4 is 0 Å². The van der Waals surface area contributed by atoms with Crippen LogP contribution in [0.2, 0.25) is 0 Å². The molecule has 0 aliphatic carbocycles. The fourth-order valence-corrected chi connectivity index (χ4v) is 2.56. The molecule has 1 N–H and O–H groups in total. The number of rotatable bonds is 7. The van der Waals surface area contributed by atoms with E-state index in [1.807, 2.05) is 6.92 Å². The minimum Gasteiger partial charge on any atom is -0.394 e. The number of ether oxygens (including phenoxy) is 1. The second kappa shape index (κ2) is 7.57. The molecule has 1 saturated heterocycles. The zero-order valence-corrected chi connectivity index (χ0v) is 11.5. The number of aliphatic hydroxyl groups excluding tert-OH is 1. The summed E-state index contributed by atoms with van der Waals surface area (Å²) in [5.41, 5.74) is 0. The van der Waals surface area contributed by atoms with Gasteiger partial charge in [-0.3, -0.25) is 0 Å². The Bertz CT molecular complexity index is 370. The van der Waals surface area contributed by atoms with Gasteiger partial charge in [0.05, 0.1) is 19.8 Å². The molecule has 1 unspecified atom stereocenters. The third-order valence-electron chi connectivity index (χ3n) is 3.43. The molecule has 1 aliphatic rings. The smallest absolute Gasteiger partial charge is 0.223 e. The van der Waals surface area contributed by atoms with Gasteiger partial charge in [0.25, 0.3) is 0 Å². The predicted octanol–water partition coefficient (Wildman–Crippen LogP) is 0.641. The SMILES string of the molecule is Cc1nc(CC2CCCN(CCOCCO)C2)no1. The van der Waals surface area contributed by atoms with Crippen molar-refractivity contribution in [2.24, 2.45) is 5.92 Å². The van der Waals surface area contributed by atoms with Crippen molar-refractivity contribution in [1.82, 2.24) is 15.0 Å². The van der Waals surface area contributed by atoms with Gasteiger partial charge in [-0.1, -0.05) is 5.16 Å². The highest BCUT2D eigenvalue weighted by molar-refractivity contribution is 4.88. The average Bonchev–Trinajstić information content (AvgIpc) is 2.81. The zero-order chi connectivity index (χ0) is 13.5. The first-order valence-corrected chi connectivity index (χ1v) is 6.98. The van der Waals surface area contributed by atoms with E-state index in [-0.39, 0.29) is 6.61 Å². The molecule has 1 atom stereocenters. The van der Waals surface area contributed by atoms with E-state index >= 15 is 0 Å². The second-order valence-electron chi connectivity index (χ2n) is 5.08. The molecule has 19 heavy (non-hydrogen) atoms. The molecule has 0 bridgehead atoms. The lowest BCUT2D eigenvalue weighted by molar-refractivity contribution is 0.0624. The van der Waals surface area contributed by atoms with Gasteiger partial charge in [0.1, 0.15) is 0 Å². The summed E-state index contributed by atoms with van der Waals surface area (Å²) < 4.78 is 10.3. The van der Waals surface area contributed by atoms with Gasteiger partial charge in [0.2, 0.25) is 5.89 Å². The quantitative estimate of drug-likeness (QED) is 0.732. The summed E-state index contributed by atoms with van der Waals surface area (Å²) >= 11 is 0. The summed E-state index contributed by atoms with van der Waals surface area (Å²) in [6.45, 7) is 6.16. The van der Waals surface area contributed by atoms with Crippen molar-refractivity contribution in [3.63, 3.8) is 0 Å². The number of likely N-dealkylation sites (tertiary alicyclic amines) is 1. The van der Waals surface area contributed by atoms with E-state index in [1.54, 1.807) is 0 Å². The van der Waals surface area contributed by atoms with E-state index in [9.17, 15) is 0 Å². The number of hydrogen-bond acceptors (Lipinski definition) is 6. The number of hydrogen-bond donors (Lipinski definition) is 1. The van der Waals surface area contributed by atoms with Crippen LogP contribution in [0.15, 0.2) is 4.52 Å². The van der Waals surface area contributed by atoms with Gasteiger partial charge in [-0.2, -0.15) is 4.98 Å². The third kappa shape index (κ3) is 4.89. The maximum absolute atomic E-state index is 8.65. The normalized spacial score (nSPS) is 20.8.